The van der Waals surface area contributed by atoms with Gasteiger partial charge >= 0.3 is 0 Å². The molecule has 0 amide bonds. The maximum absolute atomic E-state index is 12.4. The standard InChI is InChI=1S/C16H12BrIO2/c17-13-6-11-4-5-20-16(11)12(7-13)9-15(19)10-2-1-3-14(18)8-10/h1-3,6-8H,4-5,9H2. The Morgan fingerprint density at radius 2 is 2.15 bits per heavy atom. The minimum absolute atomic E-state index is 0.124. The zero-order valence-electron chi connectivity index (χ0n) is 10.7. The van der Waals surface area contributed by atoms with Gasteiger partial charge in [0.15, 0.2) is 5.78 Å². The lowest BCUT2D eigenvalue weighted by Gasteiger charge is -2.09. The summed E-state index contributed by atoms with van der Waals surface area (Å²) in [5, 5.41) is 0. The SMILES string of the molecule is O=C(Cc1cc(Br)cc2c1OCC2)c1cccc(I)c1. The normalized spacial score (nSPS) is 12.9. The molecule has 2 aromatic rings. The molecule has 0 aromatic heterocycles. The Morgan fingerprint density at radius 3 is 2.95 bits per heavy atom. The Morgan fingerprint density at radius 1 is 1.30 bits per heavy atom. The minimum Gasteiger partial charge on any atom is -0.493 e. The Hall–Kier alpha value is -0.880. The quantitative estimate of drug-likeness (QED) is 0.519. The van der Waals surface area contributed by atoms with Crippen molar-refractivity contribution in [3.63, 3.8) is 0 Å². The number of ketones is 1. The maximum atomic E-state index is 12.4. The first-order valence-electron chi connectivity index (χ1n) is 6.36. The predicted molar refractivity (Wildman–Crippen MR) is 90.5 cm³/mol. The average Bonchev–Trinajstić information content (AvgIpc) is 2.86. The highest BCUT2D eigenvalue weighted by Gasteiger charge is 2.19. The van der Waals surface area contributed by atoms with E-state index in [-0.39, 0.29) is 5.78 Å². The Kier molecular flexibility index (Phi) is 4.12. The van der Waals surface area contributed by atoms with Gasteiger partial charge in [0.2, 0.25) is 0 Å². The van der Waals surface area contributed by atoms with E-state index in [1.165, 1.54) is 5.56 Å². The molecule has 0 bridgehead atoms. The second kappa shape index (κ2) is 5.85. The van der Waals surface area contributed by atoms with Gasteiger partial charge in [0.05, 0.1) is 6.61 Å². The lowest BCUT2D eigenvalue weighted by atomic mass is 10.00. The fourth-order valence-electron chi connectivity index (χ4n) is 2.41. The molecule has 0 aliphatic carbocycles. The van der Waals surface area contributed by atoms with Crippen LogP contribution in [0.25, 0.3) is 0 Å². The monoisotopic (exact) mass is 442 g/mol. The predicted octanol–water partition coefficient (Wildman–Crippen LogP) is 4.41. The summed E-state index contributed by atoms with van der Waals surface area (Å²) in [5.74, 6) is 1.02. The number of hydrogen-bond acceptors (Lipinski definition) is 2. The summed E-state index contributed by atoms with van der Waals surface area (Å²) < 4.78 is 7.75. The number of benzene rings is 2. The first-order chi connectivity index (χ1) is 9.63. The molecule has 102 valence electrons. The summed E-state index contributed by atoms with van der Waals surface area (Å²) >= 11 is 5.73. The summed E-state index contributed by atoms with van der Waals surface area (Å²) in [5.41, 5.74) is 2.91. The van der Waals surface area contributed by atoms with Crippen molar-refractivity contribution in [3.8, 4) is 5.75 Å². The molecule has 1 heterocycles. The molecule has 2 aromatic carbocycles. The molecule has 0 saturated heterocycles. The molecule has 0 radical (unpaired) electrons. The van der Waals surface area contributed by atoms with Gasteiger partial charge in [-0.15, -0.1) is 0 Å². The number of halogens is 2. The molecule has 0 atom stereocenters. The van der Waals surface area contributed by atoms with Gasteiger partial charge in [0.25, 0.3) is 0 Å². The molecule has 20 heavy (non-hydrogen) atoms. The van der Waals surface area contributed by atoms with Crippen LogP contribution in [-0.2, 0) is 12.8 Å². The van der Waals surface area contributed by atoms with E-state index in [9.17, 15) is 4.79 Å². The summed E-state index contributed by atoms with van der Waals surface area (Å²) in [6.07, 6.45) is 1.29. The summed E-state index contributed by atoms with van der Waals surface area (Å²) in [6, 6.07) is 11.7. The molecule has 0 unspecified atom stereocenters. The summed E-state index contributed by atoms with van der Waals surface area (Å²) in [6.45, 7) is 0.705. The largest absolute Gasteiger partial charge is 0.493 e. The first kappa shape index (κ1) is 14.1. The average molecular weight is 443 g/mol. The number of carbonyl (C=O) groups excluding carboxylic acids is 1. The number of fused-ring (bicyclic) bond motifs is 1. The molecule has 0 saturated carbocycles. The fourth-order valence-corrected chi connectivity index (χ4v) is 3.51. The van der Waals surface area contributed by atoms with Gasteiger partial charge < -0.3 is 4.74 Å². The molecular formula is C16H12BrIO2. The summed E-state index contributed by atoms with van der Waals surface area (Å²) in [4.78, 5) is 12.4. The van der Waals surface area contributed by atoms with Crippen LogP contribution in [0.1, 0.15) is 21.5 Å². The van der Waals surface area contributed by atoms with Gasteiger partial charge in [-0.05, 0) is 52.4 Å². The highest BCUT2D eigenvalue weighted by atomic mass is 127. The zero-order chi connectivity index (χ0) is 14.1. The van der Waals surface area contributed by atoms with Crippen molar-refractivity contribution >= 4 is 44.3 Å². The Balaban J connectivity index is 1.90. The van der Waals surface area contributed by atoms with Gasteiger partial charge in [-0.2, -0.15) is 0 Å². The van der Waals surface area contributed by atoms with Crippen LogP contribution in [0, 0.1) is 3.57 Å². The van der Waals surface area contributed by atoms with Crippen LogP contribution in [0.2, 0.25) is 0 Å². The molecule has 0 N–H and O–H groups in total. The van der Waals surface area contributed by atoms with E-state index in [0.717, 1.165) is 31.3 Å². The third-order valence-electron chi connectivity index (χ3n) is 3.32. The van der Waals surface area contributed by atoms with Crippen LogP contribution in [0.5, 0.6) is 5.75 Å². The van der Waals surface area contributed by atoms with Crippen molar-refractivity contribution in [2.24, 2.45) is 0 Å². The number of rotatable bonds is 3. The minimum atomic E-state index is 0.124. The molecule has 1 aliphatic heterocycles. The molecule has 4 heteroatoms. The lowest BCUT2D eigenvalue weighted by Crippen LogP contribution is -2.05. The maximum Gasteiger partial charge on any atom is 0.167 e. The van der Waals surface area contributed by atoms with Crippen LogP contribution in [-0.4, -0.2) is 12.4 Å². The van der Waals surface area contributed by atoms with E-state index in [1.807, 2.05) is 30.3 Å². The third-order valence-corrected chi connectivity index (χ3v) is 4.45. The first-order valence-corrected chi connectivity index (χ1v) is 8.23. The van der Waals surface area contributed by atoms with Gasteiger partial charge in [-0.3, -0.25) is 4.79 Å². The fraction of sp³-hybridized carbons (Fsp3) is 0.188. The van der Waals surface area contributed by atoms with E-state index in [1.54, 1.807) is 0 Å². The summed E-state index contributed by atoms with van der Waals surface area (Å²) in [7, 11) is 0. The number of carbonyl (C=O) groups is 1. The van der Waals surface area contributed by atoms with Gasteiger partial charge in [0, 0.05) is 32.0 Å². The van der Waals surface area contributed by atoms with Gasteiger partial charge in [-0.1, -0.05) is 28.1 Å². The zero-order valence-corrected chi connectivity index (χ0v) is 14.4. The van der Waals surface area contributed by atoms with E-state index < -0.39 is 0 Å². The van der Waals surface area contributed by atoms with Crippen LogP contribution >= 0.6 is 38.5 Å². The topological polar surface area (TPSA) is 26.3 Å². The van der Waals surface area contributed by atoms with E-state index in [2.05, 4.69) is 44.6 Å². The van der Waals surface area contributed by atoms with Crippen LogP contribution in [0.4, 0.5) is 0 Å². The Labute approximate surface area is 139 Å². The highest BCUT2D eigenvalue weighted by molar-refractivity contribution is 14.1. The molecule has 3 rings (SSSR count). The van der Waals surface area contributed by atoms with Crippen molar-refractivity contribution in [1.29, 1.82) is 0 Å². The molecule has 0 spiro atoms. The molecular weight excluding hydrogens is 431 g/mol. The van der Waals surface area contributed by atoms with E-state index >= 15 is 0 Å². The van der Waals surface area contributed by atoms with Crippen LogP contribution in [0.3, 0.4) is 0 Å². The van der Waals surface area contributed by atoms with E-state index in [4.69, 9.17) is 4.74 Å². The Bertz CT molecular complexity index is 682. The van der Waals surface area contributed by atoms with E-state index in [0.29, 0.717) is 13.0 Å². The molecule has 0 fully saturated rings. The molecule has 2 nitrogen and oxygen atoms in total. The van der Waals surface area contributed by atoms with Crippen molar-refractivity contribution in [3.05, 3.63) is 61.1 Å². The third kappa shape index (κ3) is 2.91. The lowest BCUT2D eigenvalue weighted by molar-refractivity contribution is 0.0992. The second-order valence-electron chi connectivity index (χ2n) is 4.76. The number of hydrogen-bond donors (Lipinski definition) is 0. The highest BCUT2D eigenvalue weighted by Crippen LogP contribution is 2.33. The van der Waals surface area contributed by atoms with Gasteiger partial charge in [-0.25, -0.2) is 0 Å². The van der Waals surface area contributed by atoms with Crippen LogP contribution < -0.4 is 4.74 Å². The van der Waals surface area contributed by atoms with Crippen LogP contribution in [0.15, 0.2) is 40.9 Å². The second-order valence-corrected chi connectivity index (χ2v) is 6.92. The van der Waals surface area contributed by atoms with Crippen molar-refractivity contribution in [2.45, 2.75) is 12.8 Å². The van der Waals surface area contributed by atoms with Crippen molar-refractivity contribution < 1.29 is 9.53 Å². The van der Waals surface area contributed by atoms with Gasteiger partial charge in [0.1, 0.15) is 5.75 Å². The number of Topliss-reactive ketones (excluding diaryl/α,β-unsaturated/α-hetero) is 1. The smallest absolute Gasteiger partial charge is 0.167 e. The number of ether oxygens (including phenoxy) is 1. The van der Waals surface area contributed by atoms with Crippen molar-refractivity contribution in [2.75, 3.05) is 6.61 Å². The molecule has 1 aliphatic rings. The van der Waals surface area contributed by atoms with Crippen molar-refractivity contribution in [1.82, 2.24) is 0 Å².